The molecule has 0 fully saturated rings. The van der Waals surface area contributed by atoms with Crippen molar-refractivity contribution in [2.45, 2.75) is 13.8 Å². The number of ether oxygens (including phenoxy) is 1. The minimum Gasteiger partial charge on any atom is -0.456 e. The van der Waals surface area contributed by atoms with Crippen molar-refractivity contribution in [3.8, 4) is 11.5 Å². The highest BCUT2D eigenvalue weighted by Gasteiger charge is 2.14. The molecule has 2 rings (SSSR count). The molecule has 2 aromatic rings. The Kier molecular flexibility index (Phi) is 3.42. The minimum atomic E-state index is -0.562. The van der Waals surface area contributed by atoms with E-state index in [1.807, 2.05) is 25.1 Å². The van der Waals surface area contributed by atoms with Gasteiger partial charge in [-0.05, 0) is 43.7 Å². The summed E-state index contributed by atoms with van der Waals surface area (Å²) in [7, 11) is 0. The van der Waals surface area contributed by atoms with Gasteiger partial charge in [0.25, 0.3) is 0 Å². The lowest BCUT2D eigenvalue weighted by molar-refractivity contribution is 0.101. The van der Waals surface area contributed by atoms with Crippen molar-refractivity contribution in [3.05, 3.63) is 59.4 Å². The van der Waals surface area contributed by atoms with Crippen LogP contribution in [0.2, 0.25) is 0 Å². The van der Waals surface area contributed by atoms with Crippen LogP contribution in [0.25, 0.3) is 0 Å². The molecule has 0 spiro atoms. The topological polar surface area (TPSA) is 26.3 Å². The fourth-order valence-electron chi connectivity index (χ4n) is 1.74. The van der Waals surface area contributed by atoms with E-state index >= 15 is 0 Å². The summed E-state index contributed by atoms with van der Waals surface area (Å²) in [5.41, 5.74) is 1.02. The van der Waals surface area contributed by atoms with Gasteiger partial charge in [0, 0.05) is 0 Å². The molecule has 0 aromatic heterocycles. The summed E-state index contributed by atoms with van der Waals surface area (Å²) in [5.74, 6) is -0.0837. The first-order chi connectivity index (χ1) is 8.58. The summed E-state index contributed by atoms with van der Waals surface area (Å²) < 4.78 is 19.2. The fourth-order valence-corrected chi connectivity index (χ4v) is 1.74. The van der Waals surface area contributed by atoms with Crippen molar-refractivity contribution in [2.75, 3.05) is 0 Å². The van der Waals surface area contributed by atoms with Crippen molar-refractivity contribution >= 4 is 5.78 Å². The fraction of sp³-hybridized carbons (Fsp3) is 0.133. The summed E-state index contributed by atoms with van der Waals surface area (Å²) in [6.45, 7) is 3.26. The first-order valence-corrected chi connectivity index (χ1v) is 5.62. The summed E-state index contributed by atoms with van der Waals surface area (Å²) in [5, 5.41) is 0. The monoisotopic (exact) mass is 244 g/mol. The van der Waals surface area contributed by atoms with Crippen LogP contribution in [0.15, 0.2) is 42.5 Å². The van der Waals surface area contributed by atoms with Crippen molar-refractivity contribution in [1.29, 1.82) is 0 Å². The SMILES string of the molecule is CC(=O)c1c(F)cccc1Oc1cccc(C)c1. The second-order valence-electron chi connectivity index (χ2n) is 4.09. The van der Waals surface area contributed by atoms with Gasteiger partial charge in [0.15, 0.2) is 5.78 Å². The average molecular weight is 244 g/mol. The molecule has 2 aromatic carbocycles. The average Bonchev–Trinajstić information content (AvgIpc) is 2.28. The lowest BCUT2D eigenvalue weighted by Gasteiger charge is -2.10. The molecule has 0 saturated heterocycles. The number of hydrogen-bond donors (Lipinski definition) is 0. The third-order valence-electron chi connectivity index (χ3n) is 2.54. The van der Waals surface area contributed by atoms with Gasteiger partial charge in [0.05, 0.1) is 5.56 Å². The maximum atomic E-state index is 13.6. The van der Waals surface area contributed by atoms with Gasteiger partial charge in [-0.3, -0.25) is 4.79 Å². The Balaban J connectivity index is 2.40. The van der Waals surface area contributed by atoms with Gasteiger partial charge in [-0.25, -0.2) is 4.39 Å². The molecule has 18 heavy (non-hydrogen) atoms. The van der Waals surface area contributed by atoms with Crippen LogP contribution < -0.4 is 4.74 Å². The van der Waals surface area contributed by atoms with Gasteiger partial charge < -0.3 is 4.74 Å². The predicted octanol–water partition coefficient (Wildman–Crippen LogP) is 4.13. The second-order valence-corrected chi connectivity index (χ2v) is 4.09. The molecule has 0 radical (unpaired) electrons. The Bertz CT molecular complexity index is 591. The molecule has 92 valence electrons. The number of aryl methyl sites for hydroxylation is 1. The zero-order valence-corrected chi connectivity index (χ0v) is 10.2. The number of carbonyl (C=O) groups excluding carboxylic acids is 1. The van der Waals surface area contributed by atoms with Crippen molar-refractivity contribution < 1.29 is 13.9 Å². The first kappa shape index (κ1) is 12.3. The molecule has 0 aliphatic rings. The summed E-state index contributed by atoms with van der Waals surface area (Å²) in [6, 6.07) is 11.7. The van der Waals surface area contributed by atoms with E-state index in [2.05, 4.69) is 0 Å². The third kappa shape index (κ3) is 2.56. The summed E-state index contributed by atoms with van der Waals surface area (Å²) in [4.78, 5) is 11.4. The standard InChI is InChI=1S/C15H13FO2/c1-10-5-3-6-12(9-10)18-14-8-4-7-13(16)15(14)11(2)17/h3-9H,1-2H3. The summed E-state index contributed by atoms with van der Waals surface area (Å²) in [6.07, 6.45) is 0. The molecule has 0 unspecified atom stereocenters. The maximum absolute atomic E-state index is 13.6. The first-order valence-electron chi connectivity index (χ1n) is 5.62. The van der Waals surface area contributed by atoms with Crippen LogP contribution >= 0.6 is 0 Å². The molecular weight excluding hydrogens is 231 g/mol. The highest BCUT2D eigenvalue weighted by atomic mass is 19.1. The van der Waals surface area contributed by atoms with Crippen LogP contribution in [0, 0.1) is 12.7 Å². The van der Waals surface area contributed by atoms with Crippen LogP contribution in [-0.4, -0.2) is 5.78 Å². The highest BCUT2D eigenvalue weighted by Crippen LogP contribution is 2.27. The van der Waals surface area contributed by atoms with Gasteiger partial charge in [-0.1, -0.05) is 18.2 Å². The van der Waals surface area contributed by atoms with Gasteiger partial charge in [-0.2, -0.15) is 0 Å². The number of carbonyl (C=O) groups is 1. The Morgan fingerprint density at radius 3 is 2.56 bits per heavy atom. The van der Waals surface area contributed by atoms with Gasteiger partial charge >= 0.3 is 0 Å². The molecule has 3 heteroatoms. The molecular formula is C15H13FO2. The Morgan fingerprint density at radius 1 is 1.17 bits per heavy atom. The maximum Gasteiger partial charge on any atom is 0.166 e. The van der Waals surface area contributed by atoms with E-state index in [-0.39, 0.29) is 17.1 Å². The quantitative estimate of drug-likeness (QED) is 0.759. The molecule has 0 bridgehead atoms. The van der Waals surface area contributed by atoms with E-state index in [1.54, 1.807) is 12.1 Å². The van der Waals surface area contributed by atoms with E-state index in [4.69, 9.17) is 4.74 Å². The van der Waals surface area contributed by atoms with Gasteiger partial charge in [-0.15, -0.1) is 0 Å². The molecule has 0 atom stereocenters. The van der Waals surface area contributed by atoms with Gasteiger partial charge in [0.2, 0.25) is 0 Å². The van der Waals surface area contributed by atoms with E-state index in [9.17, 15) is 9.18 Å². The Morgan fingerprint density at radius 2 is 1.89 bits per heavy atom. The Labute approximate surface area is 105 Å². The van der Waals surface area contributed by atoms with Crippen LogP contribution in [0.4, 0.5) is 4.39 Å². The van der Waals surface area contributed by atoms with E-state index in [0.29, 0.717) is 5.75 Å². The lowest BCUT2D eigenvalue weighted by atomic mass is 10.1. The van der Waals surface area contributed by atoms with Crippen LogP contribution in [0.5, 0.6) is 11.5 Å². The summed E-state index contributed by atoms with van der Waals surface area (Å²) >= 11 is 0. The van der Waals surface area contributed by atoms with Crippen LogP contribution in [0.1, 0.15) is 22.8 Å². The van der Waals surface area contributed by atoms with Crippen molar-refractivity contribution in [1.82, 2.24) is 0 Å². The van der Waals surface area contributed by atoms with E-state index < -0.39 is 5.82 Å². The highest BCUT2D eigenvalue weighted by molar-refractivity contribution is 5.97. The third-order valence-corrected chi connectivity index (χ3v) is 2.54. The lowest BCUT2D eigenvalue weighted by Crippen LogP contribution is -2.00. The Hall–Kier alpha value is -2.16. The molecule has 0 saturated carbocycles. The van der Waals surface area contributed by atoms with E-state index in [0.717, 1.165) is 5.56 Å². The number of Topliss-reactive ketones (excluding diaryl/α,β-unsaturated/α-hetero) is 1. The molecule has 0 aliphatic carbocycles. The number of rotatable bonds is 3. The number of halogens is 1. The number of ketones is 1. The van der Waals surface area contributed by atoms with E-state index in [1.165, 1.54) is 19.1 Å². The normalized spacial score (nSPS) is 10.2. The van der Waals surface area contributed by atoms with Crippen LogP contribution in [-0.2, 0) is 0 Å². The van der Waals surface area contributed by atoms with Crippen molar-refractivity contribution in [2.24, 2.45) is 0 Å². The van der Waals surface area contributed by atoms with Gasteiger partial charge in [0.1, 0.15) is 17.3 Å². The van der Waals surface area contributed by atoms with Crippen LogP contribution in [0.3, 0.4) is 0 Å². The molecule has 2 nitrogen and oxygen atoms in total. The zero-order chi connectivity index (χ0) is 13.1. The second kappa shape index (κ2) is 5.00. The largest absolute Gasteiger partial charge is 0.456 e. The molecule has 0 amide bonds. The number of hydrogen-bond acceptors (Lipinski definition) is 2. The minimum absolute atomic E-state index is 0.0148. The molecule has 0 aliphatic heterocycles. The smallest absolute Gasteiger partial charge is 0.166 e. The van der Waals surface area contributed by atoms with Crippen molar-refractivity contribution in [3.63, 3.8) is 0 Å². The molecule has 0 heterocycles. The molecule has 0 N–H and O–H groups in total. The zero-order valence-electron chi connectivity index (χ0n) is 10.2. The predicted molar refractivity (Wildman–Crippen MR) is 67.7 cm³/mol. The number of benzene rings is 2.